The van der Waals surface area contributed by atoms with E-state index in [0.717, 1.165) is 24.5 Å². The minimum atomic E-state index is -0.285. The molecule has 0 aromatic heterocycles. The minimum absolute atomic E-state index is 0.269. The number of fused-ring (bicyclic) bond motifs is 1. The van der Waals surface area contributed by atoms with Gasteiger partial charge in [-0.2, -0.15) is 0 Å². The van der Waals surface area contributed by atoms with E-state index in [-0.39, 0.29) is 11.4 Å². The van der Waals surface area contributed by atoms with Crippen molar-refractivity contribution in [3.05, 3.63) is 41.7 Å². The summed E-state index contributed by atoms with van der Waals surface area (Å²) in [6, 6.07) is 6.84. The van der Waals surface area contributed by atoms with Crippen molar-refractivity contribution >= 4 is 11.7 Å². The van der Waals surface area contributed by atoms with Gasteiger partial charge in [0.2, 0.25) is 0 Å². The Morgan fingerprint density at radius 1 is 1.32 bits per heavy atom. The Morgan fingerprint density at radius 3 is 2.58 bits per heavy atom. The van der Waals surface area contributed by atoms with Crippen LogP contribution >= 0.6 is 0 Å². The number of anilines is 1. The van der Waals surface area contributed by atoms with Crippen LogP contribution in [0.25, 0.3) is 0 Å². The Balaban J connectivity index is 1.74. The molecule has 3 nitrogen and oxygen atoms in total. The predicted molar refractivity (Wildman–Crippen MR) is 74.3 cm³/mol. The van der Waals surface area contributed by atoms with Crippen LogP contribution in [-0.2, 0) is 4.74 Å². The van der Waals surface area contributed by atoms with Gasteiger partial charge in [-0.25, -0.2) is 4.79 Å². The molecule has 0 amide bonds. The molecule has 2 atom stereocenters. The quantitative estimate of drug-likeness (QED) is 0.652. The van der Waals surface area contributed by atoms with Crippen LogP contribution in [0.1, 0.15) is 37.0 Å². The first-order valence-corrected chi connectivity index (χ1v) is 6.76. The molecular formula is C16H19NO2. The van der Waals surface area contributed by atoms with Crippen LogP contribution in [0.15, 0.2) is 36.1 Å². The highest BCUT2D eigenvalue weighted by Crippen LogP contribution is 2.59. The maximum absolute atomic E-state index is 12.1. The van der Waals surface area contributed by atoms with E-state index in [1.54, 1.807) is 24.3 Å². The highest BCUT2D eigenvalue weighted by molar-refractivity contribution is 5.90. The zero-order chi connectivity index (χ0) is 13.6. The third-order valence-electron chi connectivity index (χ3n) is 4.77. The zero-order valence-electron chi connectivity index (χ0n) is 11.3. The van der Waals surface area contributed by atoms with Crippen LogP contribution in [0.2, 0.25) is 0 Å². The molecule has 2 N–H and O–H groups in total. The molecule has 3 aliphatic rings. The molecule has 0 unspecified atom stereocenters. The summed E-state index contributed by atoms with van der Waals surface area (Å²) in [6.45, 7) is 4.52. The monoisotopic (exact) mass is 257 g/mol. The molecule has 3 aliphatic carbocycles. The van der Waals surface area contributed by atoms with Crippen molar-refractivity contribution in [3.8, 4) is 0 Å². The van der Waals surface area contributed by atoms with Crippen molar-refractivity contribution in [1.29, 1.82) is 0 Å². The summed E-state index contributed by atoms with van der Waals surface area (Å²) in [6.07, 6.45) is 4.25. The molecule has 0 saturated heterocycles. The molecule has 1 saturated carbocycles. The van der Waals surface area contributed by atoms with E-state index in [9.17, 15) is 4.79 Å². The fourth-order valence-corrected chi connectivity index (χ4v) is 3.20. The van der Waals surface area contributed by atoms with Crippen LogP contribution in [0.4, 0.5) is 5.69 Å². The molecule has 0 aliphatic heterocycles. The van der Waals surface area contributed by atoms with Gasteiger partial charge in [0.1, 0.15) is 5.76 Å². The maximum atomic E-state index is 12.1. The Labute approximate surface area is 113 Å². The highest BCUT2D eigenvalue weighted by Gasteiger charge is 2.52. The van der Waals surface area contributed by atoms with E-state index in [4.69, 9.17) is 10.5 Å². The van der Waals surface area contributed by atoms with Gasteiger partial charge in [0.05, 0.1) is 5.56 Å². The summed E-state index contributed by atoms with van der Waals surface area (Å²) in [4.78, 5) is 12.1. The van der Waals surface area contributed by atoms with Gasteiger partial charge in [0.25, 0.3) is 0 Å². The topological polar surface area (TPSA) is 52.3 Å². The van der Waals surface area contributed by atoms with Gasteiger partial charge < -0.3 is 10.5 Å². The Kier molecular flexibility index (Phi) is 2.66. The number of hydrogen-bond donors (Lipinski definition) is 1. The molecule has 0 radical (unpaired) electrons. The van der Waals surface area contributed by atoms with Crippen LogP contribution < -0.4 is 5.73 Å². The lowest BCUT2D eigenvalue weighted by molar-refractivity contribution is -0.0394. The number of nitrogen functional groups attached to an aromatic ring is 1. The lowest BCUT2D eigenvalue weighted by Gasteiger charge is -2.55. The van der Waals surface area contributed by atoms with Gasteiger partial charge in [-0.15, -0.1) is 0 Å². The molecule has 0 heterocycles. The summed E-state index contributed by atoms with van der Waals surface area (Å²) in [5, 5.41) is 0. The van der Waals surface area contributed by atoms with E-state index in [2.05, 4.69) is 19.9 Å². The maximum Gasteiger partial charge on any atom is 0.343 e. The zero-order valence-corrected chi connectivity index (χ0v) is 11.3. The van der Waals surface area contributed by atoms with Crippen molar-refractivity contribution in [1.82, 2.24) is 0 Å². The number of esters is 1. The fourth-order valence-electron chi connectivity index (χ4n) is 3.20. The number of hydrogen-bond acceptors (Lipinski definition) is 3. The predicted octanol–water partition coefficient (Wildman–Crippen LogP) is 3.38. The van der Waals surface area contributed by atoms with Gasteiger partial charge in [0.15, 0.2) is 0 Å². The van der Waals surface area contributed by atoms with Gasteiger partial charge >= 0.3 is 5.97 Å². The van der Waals surface area contributed by atoms with Gasteiger partial charge in [-0.1, -0.05) is 13.8 Å². The first kappa shape index (κ1) is 12.3. The van der Waals surface area contributed by atoms with Gasteiger partial charge in [-0.3, -0.25) is 0 Å². The lowest BCUT2D eigenvalue weighted by atomic mass is 9.50. The summed E-state index contributed by atoms with van der Waals surface area (Å²) < 4.78 is 5.58. The third kappa shape index (κ3) is 1.93. The Bertz CT molecular complexity index is 542. The standard InChI is InChI=1S/C16H19NO2/c1-16(2)11-5-8-14(13(16)9-11)19-15(18)10-3-6-12(17)7-4-10/h3-4,6-8,11,13H,5,9,17H2,1-2H3/t11-,13-/m0/s1. The number of carbonyl (C=O) groups is 1. The lowest BCUT2D eigenvalue weighted by Crippen LogP contribution is -2.48. The average molecular weight is 257 g/mol. The Hall–Kier alpha value is -1.77. The van der Waals surface area contributed by atoms with Crippen molar-refractivity contribution in [3.63, 3.8) is 0 Å². The second-order valence-electron chi connectivity index (χ2n) is 6.16. The second kappa shape index (κ2) is 4.12. The van der Waals surface area contributed by atoms with E-state index in [1.165, 1.54) is 0 Å². The molecule has 3 heteroatoms. The van der Waals surface area contributed by atoms with Crippen LogP contribution in [0.5, 0.6) is 0 Å². The number of ether oxygens (including phenoxy) is 1. The minimum Gasteiger partial charge on any atom is -0.427 e. The molecule has 1 aromatic rings. The SMILES string of the molecule is CC1(C)[C@H]2CC=C(OC(=O)c3ccc(N)cc3)[C@@H]1C2. The number of nitrogens with two attached hydrogens (primary N) is 1. The molecule has 2 bridgehead atoms. The first-order chi connectivity index (χ1) is 8.98. The van der Waals surface area contributed by atoms with Crippen molar-refractivity contribution in [2.24, 2.45) is 17.3 Å². The van der Waals surface area contributed by atoms with Crippen molar-refractivity contribution in [2.75, 3.05) is 5.73 Å². The molecule has 1 aromatic carbocycles. The molecule has 0 spiro atoms. The van der Waals surface area contributed by atoms with Gasteiger partial charge in [0, 0.05) is 11.6 Å². The van der Waals surface area contributed by atoms with E-state index < -0.39 is 0 Å². The Morgan fingerprint density at radius 2 is 2.00 bits per heavy atom. The molecule has 1 fully saturated rings. The summed E-state index contributed by atoms with van der Waals surface area (Å²) in [5.41, 5.74) is 7.08. The van der Waals surface area contributed by atoms with Gasteiger partial charge in [-0.05, 0) is 54.5 Å². The number of allylic oxidation sites excluding steroid dienone is 2. The highest BCUT2D eigenvalue weighted by atomic mass is 16.5. The van der Waals surface area contributed by atoms with Crippen molar-refractivity contribution in [2.45, 2.75) is 26.7 Å². The summed E-state index contributed by atoms with van der Waals surface area (Å²) in [5.74, 6) is 1.71. The van der Waals surface area contributed by atoms with E-state index in [1.807, 2.05) is 0 Å². The van der Waals surface area contributed by atoms with Crippen LogP contribution in [0, 0.1) is 17.3 Å². The summed E-state index contributed by atoms with van der Waals surface area (Å²) in [7, 11) is 0. The largest absolute Gasteiger partial charge is 0.427 e. The number of carbonyl (C=O) groups excluding carboxylic acids is 1. The van der Waals surface area contributed by atoms with E-state index >= 15 is 0 Å². The third-order valence-corrected chi connectivity index (χ3v) is 4.77. The molecular weight excluding hydrogens is 238 g/mol. The van der Waals surface area contributed by atoms with E-state index in [0.29, 0.717) is 17.2 Å². The van der Waals surface area contributed by atoms with Crippen LogP contribution in [-0.4, -0.2) is 5.97 Å². The number of benzene rings is 1. The van der Waals surface area contributed by atoms with Crippen molar-refractivity contribution < 1.29 is 9.53 Å². The number of rotatable bonds is 2. The smallest absolute Gasteiger partial charge is 0.343 e. The first-order valence-electron chi connectivity index (χ1n) is 6.76. The average Bonchev–Trinajstić information content (AvgIpc) is 2.39. The molecule has 4 rings (SSSR count). The molecule has 100 valence electrons. The normalized spacial score (nSPS) is 27.2. The second-order valence-corrected chi connectivity index (χ2v) is 6.16. The molecule has 19 heavy (non-hydrogen) atoms. The summed E-state index contributed by atoms with van der Waals surface area (Å²) >= 11 is 0. The fraction of sp³-hybridized carbons (Fsp3) is 0.438. The van der Waals surface area contributed by atoms with Crippen LogP contribution in [0.3, 0.4) is 0 Å².